The maximum Gasteiger partial charge on any atom is 0.0842 e. The van der Waals surface area contributed by atoms with Gasteiger partial charge in [-0.3, -0.25) is 0 Å². The molecule has 0 saturated carbocycles. The summed E-state index contributed by atoms with van der Waals surface area (Å²) in [6.45, 7) is 4.42. The van der Waals surface area contributed by atoms with Gasteiger partial charge in [0.1, 0.15) is 0 Å². The van der Waals surface area contributed by atoms with Crippen LogP contribution >= 0.6 is 12.2 Å². The first-order chi connectivity index (χ1) is 6.16. The molecule has 1 heterocycles. The van der Waals surface area contributed by atoms with E-state index >= 15 is 0 Å². The fraction of sp³-hybridized carbons (Fsp3) is 0.364. The normalized spacial score (nSPS) is 14.5. The first-order valence-electron chi connectivity index (χ1n) is 4.59. The molecule has 0 aliphatic carbocycles. The lowest BCUT2D eigenvalue weighted by molar-refractivity contribution is 0.865. The Labute approximate surface area is 84.2 Å². The highest BCUT2D eigenvalue weighted by Gasteiger charge is 2.14. The lowest BCUT2D eigenvalue weighted by Crippen LogP contribution is -2.00. The van der Waals surface area contributed by atoms with E-state index in [4.69, 9.17) is 12.2 Å². The summed E-state index contributed by atoms with van der Waals surface area (Å²) in [4.78, 5) is 0.941. The minimum atomic E-state index is 0.597. The Morgan fingerprint density at radius 1 is 1.38 bits per heavy atom. The third-order valence-corrected chi connectivity index (χ3v) is 2.67. The molecule has 0 radical (unpaired) electrons. The van der Waals surface area contributed by atoms with Gasteiger partial charge in [0.2, 0.25) is 0 Å². The quantitative estimate of drug-likeness (QED) is 0.684. The number of hydrogen-bond donors (Lipinski definition) is 1. The van der Waals surface area contributed by atoms with E-state index < -0.39 is 0 Å². The molecular weight excluding hydrogens is 178 g/mol. The monoisotopic (exact) mass is 191 g/mol. The van der Waals surface area contributed by atoms with Gasteiger partial charge in [-0.25, -0.2) is 0 Å². The van der Waals surface area contributed by atoms with Gasteiger partial charge in [0.05, 0.1) is 4.99 Å². The highest BCUT2D eigenvalue weighted by atomic mass is 32.1. The summed E-state index contributed by atoms with van der Waals surface area (Å²) in [5.74, 6) is 0.597. The van der Waals surface area contributed by atoms with Gasteiger partial charge in [-0.15, -0.1) is 0 Å². The van der Waals surface area contributed by atoms with Gasteiger partial charge in [0, 0.05) is 12.1 Å². The predicted octanol–water partition coefficient (Wildman–Crippen LogP) is 3.11. The van der Waals surface area contributed by atoms with E-state index in [-0.39, 0.29) is 0 Å². The summed E-state index contributed by atoms with van der Waals surface area (Å²) in [6, 6.07) is 6.56. The summed E-state index contributed by atoms with van der Waals surface area (Å²) in [7, 11) is 0. The highest BCUT2D eigenvalue weighted by Crippen LogP contribution is 2.27. The van der Waals surface area contributed by atoms with Gasteiger partial charge in [0.25, 0.3) is 0 Å². The Morgan fingerprint density at radius 2 is 2.15 bits per heavy atom. The van der Waals surface area contributed by atoms with Crippen LogP contribution in [0.15, 0.2) is 18.2 Å². The van der Waals surface area contributed by atoms with E-state index in [9.17, 15) is 0 Å². The van der Waals surface area contributed by atoms with E-state index in [2.05, 4.69) is 37.4 Å². The average Bonchev–Trinajstić information content (AvgIpc) is 2.42. The smallest absolute Gasteiger partial charge is 0.0842 e. The third kappa shape index (κ3) is 1.59. The molecule has 0 aromatic heterocycles. The van der Waals surface area contributed by atoms with Crippen LogP contribution in [0.25, 0.3) is 0 Å². The molecule has 1 N–H and O–H groups in total. The number of thiocarbonyl (C=S) groups is 1. The first-order valence-corrected chi connectivity index (χ1v) is 5.00. The lowest BCUT2D eigenvalue weighted by atomic mass is 10.00. The molecule has 1 aromatic carbocycles. The fourth-order valence-corrected chi connectivity index (χ4v) is 1.87. The van der Waals surface area contributed by atoms with Crippen LogP contribution in [0.5, 0.6) is 0 Å². The summed E-state index contributed by atoms with van der Waals surface area (Å²) >= 11 is 5.12. The van der Waals surface area contributed by atoms with Gasteiger partial charge in [0.15, 0.2) is 0 Å². The van der Waals surface area contributed by atoms with Crippen LogP contribution in [0.1, 0.15) is 30.9 Å². The van der Waals surface area contributed by atoms with E-state index in [1.807, 2.05) is 0 Å². The van der Waals surface area contributed by atoms with Crippen molar-refractivity contribution >= 4 is 22.9 Å². The minimum absolute atomic E-state index is 0.597. The summed E-state index contributed by atoms with van der Waals surface area (Å²) in [5, 5.41) is 3.19. The van der Waals surface area contributed by atoms with Crippen LogP contribution < -0.4 is 5.32 Å². The van der Waals surface area contributed by atoms with Crippen LogP contribution in [0.2, 0.25) is 0 Å². The molecule has 0 saturated heterocycles. The van der Waals surface area contributed by atoms with Crippen molar-refractivity contribution in [3.8, 4) is 0 Å². The zero-order valence-corrected chi connectivity index (χ0v) is 8.74. The van der Waals surface area contributed by atoms with Crippen molar-refractivity contribution in [2.75, 3.05) is 5.32 Å². The van der Waals surface area contributed by atoms with E-state index in [1.165, 1.54) is 16.8 Å². The van der Waals surface area contributed by atoms with Gasteiger partial charge in [-0.2, -0.15) is 0 Å². The van der Waals surface area contributed by atoms with Crippen molar-refractivity contribution < 1.29 is 0 Å². The molecule has 1 aromatic rings. The Morgan fingerprint density at radius 3 is 2.85 bits per heavy atom. The Bertz CT molecular complexity index is 355. The molecule has 68 valence electrons. The van der Waals surface area contributed by atoms with Crippen LogP contribution in [0.3, 0.4) is 0 Å². The maximum absolute atomic E-state index is 5.12. The molecule has 1 aliphatic heterocycles. The van der Waals surface area contributed by atoms with Crippen molar-refractivity contribution in [2.24, 2.45) is 0 Å². The standard InChI is InChI=1S/C11H13NS/c1-7(2)8-3-4-10-9(5-8)6-11(13)12-10/h3-5,7H,6H2,1-2H3,(H,12,13). The fourth-order valence-electron chi connectivity index (χ4n) is 1.61. The molecule has 0 bridgehead atoms. The van der Waals surface area contributed by atoms with E-state index in [0.717, 1.165) is 11.4 Å². The van der Waals surface area contributed by atoms with Gasteiger partial charge in [-0.1, -0.05) is 38.2 Å². The molecule has 0 fully saturated rings. The number of rotatable bonds is 1. The highest BCUT2D eigenvalue weighted by molar-refractivity contribution is 7.80. The van der Waals surface area contributed by atoms with Crippen molar-refractivity contribution in [3.63, 3.8) is 0 Å². The van der Waals surface area contributed by atoms with Crippen LogP contribution in [0.4, 0.5) is 5.69 Å². The summed E-state index contributed by atoms with van der Waals surface area (Å²) < 4.78 is 0. The van der Waals surface area contributed by atoms with E-state index in [0.29, 0.717) is 5.92 Å². The van der Waals surface area contributed by atoms with Crippen molar-refractivity contribution in [1.82, 2.24) is 0 Å². The summed E-state index contributed by atoms with van der Waals surface area (Å²) in [5.41, 5.74) is 3.93. The molecule has 0 spiro atoms. The van der Waals surface area contributed by atoms with Gasteiger partial charge >= 0.3 is 0 Å². The minimum Gasteiger partial charge on any atom is -0.350 e. The second kappa shape index (κ2) is 3.11. The largest absolute Gasteiger partial charge is 0.350 e. The molecule has 0 unspecified atom stereocenters. The topological polar surface area (TPSA) is 12.0 Å². The predicted molar refractivity (Wildman–Crippen MR) is 60.5 cm³/mol. The van der Waals surface area contributed by atoms with Crippen LogP contribution in [-0.4, -0.2) is 4.99 Å². The second-order valence-corrected chi connectivity index (χ2v) is 4.29. The maximum atomic E-state index is 5.12. The molecule has 0 amide bonds. The zero-order chi connectivity index (χ0) is 9.42. The Balaban J connectivity index is 2.40. The Hall–Kier alpha value is -0.890. The third-order valence-electron chi connectivity index (χ3n) is 2.42. The van der Waals surface area contributed by atoms with Gasteiger partial charge in [-0.05, 0) is 23.1 Å². The molecule has 13 heavy (non-hydrogen) atoms. The molecule has 1 nitrogen and oxygen atoms in total. The molecule has 0 atom stereocenters. The van der Waals surface area contributed by atoms with Crippen LogP contribution in [-0.2, 0) is 6.42 Å². The number of fused-ring (bicyclic) bond motifs is 1. The van der Waals surface area contributed by atoms with Crippen molar-refractivity contribution in [1.29, 1.82) is 0 Å². The van der Waals surface area contributed by atoms with Crippen LogP contribution in [0, 0.1) is 0 Å². The molecular formula is C11H13NS. The molecule has 1 aliphatic rings. The number of nitrogens with one attached hydrogen (secondary N) is 1. The second-order valence-electron chi connectivity index (χ2n) is 3.80. The average molecular weight is 191 g/mol. The Kier molecular flexibility index (Phi) is 2.08. The number of hydrogen-bond acceptors (Lipinski definition) is 1. The van der Waals surface area contributed by atoms with Crippen molar-refractivity contribution in [3.05, 3.63) is 29.3 Å². The molecule has 2 heteroatoms. The first kappa shape index (κ1) is 8.70. The van der Waals surface area contributed by atoms with Gasteiger partial charge < -0.3 is 5.32 Å². The number of anilines is 1. The SMILES string of the molecule is CC(C)c1ccc2c(c1)CC(=S)N2. The lowest BCUT2D eigenvalue weighted by Gasteiger charge is -2.06. The van der Waals surface area contributed by atoms with Crippen molar-refractivity contribution in [2.45, 2.75) is 26.2 Å². The zero-order valence-electron chi connectivity index (χ0n) is 7.92. The van der Waals surface area contributed by atoms with E-state index in [1.54, 1.807) is 0 Å². The summed E-state index contributed by atoms with van der Waals surface area (Å²) in [6.07, 6.45) is 0.908. The number of benzene rings is 1. The molecule has 2 rings (SSSR count).